The molecule has 3 nitrogen and oxygen atoms in total. The number of benzene rings is 1. The lowest BCUT2D eigenvalue weighted by Gasteiger charge is -2.17. The Morgan fingerprint density at radius 1 is 1.50 bits per heavy atom. The highest BCUT2D eigenvalue weighted by molar-refractivity contribution is 5.70. The molecule has 0 saturated heterocycles. The van der Waals surface area contributed by atoms with E-state index in [1.54, 1.807) is 7.11 Å². The summed E-state index contributed by atoms with van der Waals surface area (Å²) >= 11 is 0. The van der Waals surface area contributed by atoms with Crippen LogP contribution in [0.25, 0.3) is 0 Å². The molecule has 0 atom stereocenters. The van der Waals surface area contributed by atoms with Crippen molar-refractivity contribution >= 4 is 5.97 Å². The van der Waals surface area contributed by atoms with Crippen molar-refractivity contribution in [3.05, 3.63) is 29.3 Å². The largest absolute Gasteiger partial charge is 0.497 e. The van der Waals surface area contributed by atoms with Gasteiger partial charge in [-0.2, -0.15) is 0 Å². The first-order chi connectivity index (χ1) is 7.57. The highest BCUT2D eigenvalue weighted by Crippen LogP contribution is 2.52. The SMILES string of the molecule is COc1ccc(C)c(C2(CC(=O)O)CC2)c1. The summed E-state index contributed by atoms with van der Waals surface area (Å²) in [6.07, 6.45) is 2.15. The smallest absolute Gasteiger partial charge is 0.304 e. The van der Waals surface area contributed by atoms with Crippen molar-refractivity contribution < 1.29 is 14.6 Å². The third kappa shape index (κ3) is 1.90. The van der Waals surface area contributed by atoms with Crippen LogP contribution in [0.1, 0.15) is 30.4 Å². The molecular formula is C13H16O3. The van der Waals surface area contributed by atoms with Gasteiger partial charge in [0, 0.05) is 5.41 Å². The van der Waals surface area contributed by atoms with Crippen molar-refractivity contribution in [2.45, 2.75) is 31.6 Å². The number of carboxylic acids is 1. The molecule has 1 fully saturated rings. The fourth-order valence-corrected chi connectivity index (χ4v) is 2.28. The Morgan fingerprint density at radius 2 is 2.19 bits per heavy atom. The second-order valence-electron chi connectivity index (χ2n) is 4.53. The van der Waals surface area contributed by atoms with Gasteiger partial charge in [0.1, 0.15) is 5.75 Å². The molecule has 0 radical (unpaired) electrons. The zero-order valence-electron chi connectivity index (χ0n) is 9.62. The standard InChI is InChI=1S/C13H16O3/c1-9-3-4-10(16-2)7-11(9)13(5-6-13)8-12(14)15/h3-4,7H,5-6,8H2,1-2H3,(H,14,15). The Hall–Kier alpha value is -1.51. The second-order valence-corrected chi connectivity index (χ2v) is 4.53. The van der Waals surface area contributed by atoms with Gasteiger partial charge in [-0.15, -0.1) is 0 Å². The molecule has 1 saturated carbocycles. The molecule has 3 heteroatoms. The summed E-state index contributed by atoms with van der Waals surface area (Å²) in [6, 6.07) is 5.89. The average Bonchev–Trinajstić information content (AvgIpc) is 2.98. The second kappa shape index (κ2) is 3.81. The maximum Gasteiger partial charge on any atom is 0.304 e. The molecule has 2 rings (SSSR count). The van der Waals surface area contributed by atoms with Crippen molar-refractivity contribution in [2.75, 3.05) is 7.11 Å². The quantitative estimate of drug-likeness (QED) is 0.848. The molecule has 86 valence electrons. The van der Waals surface area contributed by atoms with Crippen LogP contribution in [0.4, 0.5) is 0 Å². The Bertz CT molecular complexity index is 419. The highest BCUT2D eigenvalue weighted by atomic mass is 16.5. The molecule has 1 aliphatic rings. The molecular weight excluding hydrogens is 204 g/mol. The normalized spacial score (nSPS) is 16.9. The predicted molar refractivity (Wildman–Crippen MR) is 60.9 cm³/mol. The first-order valence-corrected chi connectivity index (χ1v) is 5.44. The fourth-order valence-electron chi connectivity index (χ4n) is 2.28. The van der Waals surface area contributed by atoms with Crippen molar-refractivity contribution in [3.63, 3.8) is 0 Å². The Kier molecular flexibility index (Phi) is 2.62. The number of hydrogen-bond acceptors (Lipinski definition) is 2. The fraction of sp³-hybridized carbons (Fsp3) is 0.462. The van der Waals surface area contributed by atoms with Crippen LogP contribution in [-0.2, 0) is 10.2 Å². The maximum absolute atomic E-state index is 10.9. The highest BCUT2D eigenvalue weighted by Gasteiger charge is 2.46. The molecule has 1 aliphatic carbocycles. The van der Waals surface area contributed by atoms with Gasteiger partial charge in [-0.25, -0.2) is 0 Å². The zero-order chi connectivity index (χ0) is 11.8. The molecule has 0 unspecified atom stereocenters. The lowest BCUT2D eigenvalue weighted by Crippen LogP contribution is -2.14. The summed E-state index contributed by atoms with van der Waals surface area (Å²) < 4.78 is 5.19. The number of hydrogen-bond donors (Lipinski definition) is 1. The van der Waals surface area contributed by atoms with E-state index in [0.717, 1.165) is 29.7 Å². The van der Waals surface area contributed by atoms with E-state index in [4.69, 9.17) is 9.84 Å². The summed E-state index contributed by atoms with van der Waals surface area (Å²) in [5.41, 5.74) is 2.15. The first kappa shape index (κ1) is 11.0. The number of ether oxygens (including phenoxy) is 1. The lowest BCUT2D eigenvalue weighted by molar-refractivity contribution is -0.137. The van der Waals surface area contributed by atoms with Crippen LogP contribution < -0.4 is 4.74 Å². The maximum atomic E-state index is 10.9. The van der Waals surface area contributed by atoms with E-state index in [-0.39, 0.29) is 11.8 Å². The van der Waals surface area contributed by atoms with E-state index >= 15 is 0 Å². The number of carboxylic acid groups (broad SMARTS) is 1. The molecule has 0 amide bonds. The third-order valence-corrected chi connectivity index (χ3v) is 3.36. The van der Waals surface area contributed by atoms with E-state index in [2.05, 4.69) is 0 Å². The van der Waals surface area contributed by atoms with Crippen molar-refractivity contribution in [1.29, 1.82) is 0 Å². The minimum absolute atomic E-state index is 0.134. The summed E-state index contributed by atoms with van der Waals surface area (Å²) in [7, 11) is 1.63. The molecule has 1 aromatic carbocycles. The minimum Gasteiger partial charge on any atom is -0.497 e. The summed E-state index contributed by atoms with van der Waals surface area (Å²) in [5, 5.41) is 8.94. The molecule has 0 heterocycles. The minimum atomic E-state index is -0.722. The van der Waals surface area contributed by atoms with Gasteiger partial charge in [-0.1, -0.05) is 6.07 Å². The topological polar surface area (TPSA) is 46.5 Å². The monoisotopic (exact) mass is 220 g/mol. The van der Waals surface area contributed by atoms with E-state index in [9.17, 15) is 4.79 Å². The molecule has 0 spiro atoms. The van der Waals surface area contributed by atoms with Crippen LogP contribution in [0, 0.1) is 6.92 Å². The van der Waals surface area contributed by atoms with E-state index in [1.165, 1.54) is 0 Å². The predicted octanol–water partition coefficient (Wildman–Crippen LogP) is 2.51. The zero-order valence-corrected chi connectivity index (χ0v) is 9.62. The van der Waals surface area contributed by atoms with Gasteiger partial charge in [-0.3, -0.25) is 4.79 Å². The summed E-state index contributed by atoms with van der Waals surface area (Å²) in [5.74, 6) is 0.0805. The Labute approximate surface area is 95.0 Å². The van der Waals surface area contributed by atoms with Gasteiger partial charge >= 0.3 is 5.97 Å². The average molecular weight is 220 g/mol. The molecule has 1 aromatic rings. The van der Waals surface area contributed by atoms with E-state index in [0.29, 0.717) is 0 Å². The number of methoxy groups -OCH3 is 1. The molecule has 0 aromatic heterocycles. The van der Waals surface area contributed by atoms with Gasteiger partial charge in [0.25, 0.3) is 0 Å². The number of carbonyl (C=O) groups is 1. The van der Waals surface area contributed by atoms with Gasteiger partial charge < -0.3 is 9.84 Å². The number of aliphatic carboxylic acids is 1. The van der Waals surface area contributed by atoms with E-state index in [1.807, 2.05) is 25.1 Å². The van der Waals surface area contributed by atoms with Gasteiger partial charge in [0.15, 0.2) is 0 Å². The summed E-state index contributed by atoms with van der Waals surface area (Å²) in [4.78, 5) is 10.9. The van der Waals surface area contributed by atoms with Crippen molar-refractivity contribution in [2.24, 2.45) is 0 Å². The number of rotatable bonds is 4. The van der Waals surface area contributed by atoms with Gasteiger partial charge in [0.2, 0.25) is 0 Å². The van der Waals surface area contributed by atoms with Crippen LogP contribution in [0.5, 0.6) is 5.75 Å². The molecule has 0 aliphatic heterocycles. The van der Waals surface area contributed by atoms with Crippen molar-refractivity contribution in [3.8, 4) is 5.75 Å². The van der Waals surface area contributed by atoms with Crippen molar-refractivity contribution in [1.82, 2.24) is 0 Å². The molecule has 16 heavy (non-hydrogen) atoms. The van der Waals surface area contributed by atoms with Gasteiger partial charge in [-0.05, 0) is 43.0 Å². The van der Waals surface area contributed by atoms with Crippen LogP contribution >= 0.6 is 0 Å². The third-order valence-electron chi connectivity index (χ3n) is 3.36. The Balaban J connectivity index is 2.35. The first-order valence-electron chi connectivity index (χ1n) is 5.44. The van der Waals surface area contributed by atoms with Gasteiger partial charge in [0.05, 0.1) is 13.5 Å². The molecule has 1 N–H and O–H groups in total. The van der Waals surface area contributed by atoms with E-state index < -0.39 is 5.97 Å². The lowest BCUT2D eigenvalue weighted by atomic mass is 9.89. The van der Waals surface area contributed by atoms with Crippen LogP contribution in [0.2, 0.25) is 0 Å². The van der Waals surface area contributed by atoms with Crippen LogP contribution in [0.15, 0.2) is 18.2 Å². The summed E-state index contributed by atoms with van der Waals surface area (Å²) in [6.45, 7) is 2.02. The number of aryl methyl sites for hydroxylation is 1. The Morgan fingerprint density at radius 3 is 2.69 bits per heavy atom. The molecule has 0 bridgehead atoms. The van der Waals surface area contributed by atoms with Crippen LogP contribution in [-0.4, -0.2) is 18.2 Å². The van der Waals surface area contributed by atoms with Crippen LogP contribution in [0.3, 0.4) is 0 Å².